The summed E-state index contributed by atoms with van der Waals surface area (Å²) >= 11 is 3.46. The number of nitrogens with one attached hydrogen (secondary N) is 1. The molecule has 4 nitrogen and oxygen atoms in total. The molecule has 0 aliphatic rings. The van der Waals surface area contributed by atoms with E-state index >= 15 is 0 Å². The van der Waals surface area contributed by atoms with Crippen LogP contribution in [0.25, 0.3) is 0 Å². The van der Waals surface area contributed by atoms with E-state index in [1.165, 1.54) is 0 Å². The Bertz CT molecular complexity index is 371. The van der Waals surface area contributed by atoms with Crippen LogP contribution in [0.1, 0.15) is 18.9 Å². The van der Waals surface area contributed by atoms with E-state index in [1.54, 1.807) is 7.11 Å². The SMILES string of the molecule is CCCNCc1cc(Br)c(OCCO)c(OC)c1. The quantitative estimate of drug-likeness (QED) is 0.723. The van der Waals surface area contributed by atoms with Crippen LogP contribution in [-0.2, 0) is 6.54 Å². The molecule has 0 unspecified atom stereocenters. The summed E-state index contributed by atoms with van der Waals surface area (Å²) in [7, 11) is 1.61. The van der Waals surface area contributed by atoms with E-state index in [0.29, 0.717) is 11.5 Å². The smallest absolute Gasteiger partial charge is 0.175 e. The number of rotatable bonds is 8. The minimum atomic E-state index is -0.0185. The van der Waals surface area contributed by atoms with Crippen molar-refractivity contribution in [2.75, 3.05) is 26.9 Å². The molecule has 0 spiro atoms. The van der Waals surface area contributed by atoms with Gasteiger partial charge in [-0.15, -0.1) is 0 Å². The second-order valence-electron chi connectivity index (χ2n) is 3.86. The molecule has 5 heteroatoms. The fourth-order valence-electron chi connectivity index (χ4n) is 1.57. The topological polar surface area (TPSA) is 50.7 Å². The molecular weight excluding hydrogens is 298 g/mol. The molecule has 1 aromatic carbocycles. The summed E-state index contributed by atoms with van der Waals surface area (Å²) < 4.78 is 11.6. The van der Waals surface area contributed by atoms with Crippen molar-refractivity contribution < 1.29 is 14.6 Å². The highest BCUT2D eigenvalue weighted by molar-refractivity contribution is 9.10. The van der Waals surface area contributed by atoms with Gasteiger partial charge in [0.25, 0.3) is 0 Å². The molecule has 18 heavy (non-hydrogen) atoms. The van der Waals surface area contributed by atoms with Gasteiger partial charge in [-0.25, -0.2) is 0 Å². The third kappa shape index (κ3) is 4.48. The van der Waals surface area contributed by atoms with Gasteiger partial charge < -0.3 is 19.9 Å². The van der Waals surface area contributed by atoms with E-state index in [-0.39, 0.29) is 13.2 Å². The molecule has 2 N–H and O–H groups in total. The molecule has 0 atom stereocenters. The molecule has 0 saturated carbocycles. The van der Waals surface area contributed by atoms with Crippen molar-refractivity contribution >= 4 is 15.9 Å². The fourth-order valence-corrected chi connectivity index (χ4v) is 2.18. The highest BCUT2D eigenvalue weighted by atomic mass is 79.9. The van der Waals surface area contributed by atoms with Crippen molar-refractivity contribution in [1.82, 2.24) is 5.32 Å². The Morgan fingerprint density at radius 2 is 2.17 bits per heavy atom. The van der Waals surface area contributed by atoms with Crippen LogP contribution in [0.3, 0.4) is 0 Å². The zero-order valence-electron chi connectivity index (χ0n) is 10.8. The molecule has 0 saturated heterocycles. The van der Waals surface area contributed by atoms with Gasteiger partial charge in [0.2, 0.25) is 0 Å². The van der Waals surface area contributed by atoms with E-state index in [2.05, 4.69) is 28.2 Å². The average molecular weight is 318 g/mol. The van der Waals surface area contributed by atoms with Gasteiger partial charge in [0.15, 0.2) is 11.5 Å². The highest BCUT2D eigenvalue weighted by Crippen LogP contribution is 2.36. The standard InChI is InChI=1S/C13H20BrNO3/c1-3-4-15-9-10-7-11(14)13(18-6-5-16)12(8-10)17-2/h7-8,15-16H,3-6,9H2,1-2H3. The van der Waals surface area contributed by atoms with Crippen molar-refractivity contribution in [3.63, 3.8) is 0 Å². The molecule has 1 rings (SSSR count). The van der Waals surface area contributed by atoms with Gasteiger partial charge in [0.1, 0.15) is 6.61 Å². The lowest BCUT2D eigenvalue weighted by atomic mass is 10.2. The lowest BCUT2D eigenvalue weighted by Crippen LogP contribution is -2.14. The molecule has 0 aromatic heterocycles. The summed E-state index contributed by atoms with van der Waals surface area (Å²) in [5.41, 5.74) is 1.13. The number of hydrogen-bond donors (Lipinski definition) is 2. The third-order valence-corrected chi connectivity index (χ3v) is 2.97. The van der Waals surface area contributed by atoms with Crippen LogP contribution in [0.4, 0.5) is 0 Å². The maximum absolute atomic E-state index is 8.79. The van der Waals surface area contributed by atoms with Crippen molar-refractivity contribution in [2.45, 2.75) is 19.9 Å². The van der Waals surface area contributed by atoms with Gasteiger partial charge >= 0.3 is 0 Å². The lowest BCUT2D eigenvalue weighted by molar-refractivity contribution is 0.195. The maximum atomic E-state index is 8.79. The Hall–Kier alpha value is -0.780. The predicted molar refractivity (Wildman–Crippen MR) is 75.3 cm³/mol. The van der Waals surface area contributed by atoms with Crippen LogP contribution in [0.5, 0.6) is 11.5 Å². The summed E-state index contributed by atoms with van der Waals surface area (Å²) in [5, 5.41) is 12.1. The Morgan fingerprint density at radius 3 is 2.78 bits per heavy atom. The van der Waals surface area contributed by atoms with Crippen molar-refractivity contribution in [3.8, 4) is 11.5 Å². The zero-order valence-corrected chi connectivity index (χ0v) is 12.4. The summed E-state index contributed by atoms with van der Waals surface area (Å²) in [6, 6.07) is 3.94. The van der Waals surface area contributed by atoms with E-state index < -0.39 is 0 Å². The number of benzene rings is 1. The normalized spacial score (nSPS) is 10.4. The molecular formula is C13H20BrNO3. The molecule has 1 aromatic rings. The summed E-state index contributed by atoms with van der Waals surface area (Å²) in [6.45, 7) is 4.15. The first-order valence-electron chi connectivity index (χ1n) is 6.03. The van der Waals surface area contributed by atoms with Crippen LogP contribution >= 0.6 is 15.9 Å². The van der Waals surface area contributed by atoms with Crippen LogP contribution in [-0.4, -0.2) is 32.0 Å². The average Bonchev–Trinajstić information content (AvgIpc) is 2.37. The van der Waals surface area contributed by atoms with Crippen LogP contribution in [0.2, 0.25) is 0 Å². The summed E-state index contributed by atoms with van der Waals surface area (Å²) in [6.07, 6.45) is 1.11. The van der Waals surface area contributed by atoms with Gasteiger partial charge in [0.05, 0.1) is 18.2 Å². The fraction of sp³-hybridized carbons (Fsp3) is 0.538. The van der Waals surface area contributed by atoms with Gasteiger partial charge in [-0.1, -0.05) is 6.92 Å². The minimum absolute atomic E-state index is 0.0185. The monoisotopic (exact) mass is 317 g/mol. The van der Waals surface area contributed by atoms with Crippen LogP contribution in [0, 0.1) is 0 Å². The first-order valence-corrected chi connectivity index (χ1v) is 6.83. The summed E-state index contributed by atoms with van der Waals surface area (Å²) in [5.74, 6) is 1.30. The second kappa shape index (κ2) is 8.34. The first kappa shape index (κ1) is 15.3. The predicted octanol–water partition coefficient (Wildman–Crippen LogP) is 2.33. The minimum Gasteiger partial charge on any atom is -0.493 e. The van der Waals surface area contributed by atoms with Gasteiger partial charge in [-0.05, 0) is 46.6 Å². The Kier molecular flexibility index (Phi) is 7.08. The van der Waals surface area contributed by atoms with E-state index in [4.69, 9.17) is 14.6 Å². The number of aliphatic hydroxyl groups is 1. The summed E-state index contributed by atoms with van der Waals surface area (Å²) in [4.78, 5) is 0. The Morgan fingerprint density at radius 1 is 1.39 bits per heavy atom. The van der Waals surface area contributed by atoms with Crippen LogP contribution in [0.15, 0.2) is 16.6 Å². The Labute approximate surface area is 116 Å². The van der Waals surface area contributed by atoms with E-state index in [1.807, 2.05) is 12.1 Å². The van der Waals surface area contributed by atoms with Gasteiger partial charge in [0, 0.05) is 6.54 Å². The molecule has 0 heterocycles. The number of halogens is 1. The van der Waals surface area contributed by atoms with Crippen molar-refractivity contribution in [3.05, 3.63) is 22.2 Å². The largest absolute Gasteiger partial charge is 0.493 e. The maximum Gasteiger partial charge on any atom is 0.175 e. The number of methoxy groups -OCH3 is 1. The molecule has 0 bridgehead atoms. The zero-order chi connectivity index (χ0) is 13.4. The molecule has 0 aliphatic carbocycles. The third-order valence-electron chi connectivity index (χ3n) is 2.38. The molecule has 0 radical (unpaired) electrons. The number of hydrogen-bond acceptors (Lipinski definition) is 4. The Balaban J connectivity index is 2.81. The molecule has 0 aliphatic heterocycles. The van der Waals surface area contributed by atoms with E-state index in [0.717, 1.165) is 29.5 Å². The first-order chi connectivity index (χ1) is 8.72. The van der Waals surface area contributed by atoms with Gasteiger partial charge in [-0.3, -0.25) is 0 Å². The van der Waals surface area contributed by atoms with Crippen molar-refractivity contribution in [1.29, 1.82) is 0 Å². The van der Waals surface area contributed by atoms with E-state index in [9.17, 15) is 0 Å². The second-order valence-corrected chi connectivity index (χ2v) is 4.71. The molecule has 0 amide bonds. The van der Waals surface area contributed by atoms with Crippen LogP contribution < -0.4 is 14.8 Å². The molecule has 0 fully saturated rings. The molecule has 102 valence electrons. The number of aliphatic hydroxyl groups excluding tert-OH is 1. The lowest BCUT2D eigenvalue weighted by Gasteiger charge is -2.14. The number of ether oxygens (including phenoxy) is 2. The highest BCUT2D eigenvalue weighted by Gasteiger charge is 2.11. The van der Waals surface area contributed by atoms with Crippen molar-refractivity contribution in [2.24, 2.45) is 0 Å². The van der Waals surface area contributed by atoms with Gasteiger partial charge in [-0.2, -0.15) is 0 Å².